The number of nitrogens with one attached hydrogen (secondary N) is 1. The third kappa shape index (κ3) is 4.42. The van der Waals surface area contributed by atoms with E-state index in [0.717, 1.165) is 32.8 Å². The first-order valence-corrected chi connectivity index (χ1v) is 13.7. The molecular weight excluding hydrogens is 476 g/mol. The molecule has 0 bridgehead atoms. The van der Waals surface area contributed by atoms with Gasteiger partial charge in [0, 0.05) is 27.6 Å². The second kappa shape index (κ2) is 9.71. The number of aryl methyl sites for hydroxylation is 2. The summed E-state index contributed by atoms with van der Waals surface area (Å²) in [5, 5.41) is 3.25. The van der Waals surface area contributed by atoms with Crippen LogP contribution >= 0.6 is 11.8 Å². The van der Waals surface area contributed by atoms with Gasteiger partial charge in [-0.2, -0.15) is 0 Å². The van der Waals surface area contributed by atoms with E-state index in [4.69, 9.17) is 0 Å². The van der Waals surface area contributed by atoms with Crippen molar-refractivity contribution >= 4 is 35.0 Å². The number of hydrogen-bond acceptors (Lipinski definition) is 3. The predicted molar refractivity (Wildman–Crippen MR) is 154 cm³/mol. The van der Waals surface area contributed by atoms with Crippen molar-refractivity contribution in [2.45, 2.75) is 51.0 Å². The largest absolute Gasteiger partial charge is 0.323 e. The molecule has 0 saturated carbocycles. The van der Waals surface area contributed by atoms with Gasteiger partial charge < -0.3 is 5.32 Å². The summed E-state index contributed by atoms with van der Waals surface area (Å²) in [5.41, 5.74) is 6.66. The molecule has 188 valence electrons. The monoisotopic (exact) mass is 508 g/mol. The molecule has 1 heterocycles. The maximum atomic E-state index is 14.2. The highest BCUT2D eigenvalue weighted by molar-refractivity contribution is 7.99. The Kier molecular flexibility index (Phi) is 6.59. The van der Waals surface area contributed by atoms with Crippen molar-refractivity contribution in [3.05, 3.63) is 101 Å². The van der Waals surface area contributed by atoms with Gasteiger partial charge in [0.1, 0.15) is 5.54 Å². The summed E-state index contributed by atoms with van der Waals surface area (Å²) in [5.74, 6) is 0.457. The molecule has 5 rings (SSSR count). The Morgan fingerprint density at radius 3 is 2.35 bits per heavy atom. The van der Waals surface area contributed by atoms with Crippen molar-refractivity contribution in [2.24, 2.45) is 0 Å². The summed E-state index contributed by atoms with van der Waals surface area (Å²) in [6.45, 7) is 10.4. The van der Waals surface area contributed by atoms with Crippen LogP contribution in [0, 0.1) is 13.8 Å². The van der Waals surface area contributed by atoms with Gasteiger partial charge in [0.15, 0.2) is 0 Å². The van der Waals surface area contributed by atoms with Gasteiger partial charge in [-0.25, -0.2) is 0 Å². The summed E-state index contributed by atoms with van der Waals surface area (Å²) in [4.78, 5) is 30.7. The number of rotatable bonds is 4. The lowest BCUT2D eigenvalue weighted by atomic mass is 9.97. The summed E-state index contributed by atoms with van der Waals surface area (Å²) in [6, 6.07) is 25.7. The minimum Gasteiger partial charge on any atom is -0.323 e. The lowest BCUT2D eigenvalue weighted by molar-refractivity contribution is -0.119. The number of hydrogen-bond donors (Lipinski definition) is 1. The van der Waals surface area contributed by atoms with E-state index >= 15 is 0 Å². The number of fused-ring (bicyclic) bond motifs is 2. The van der Waals surface area contributed by atoms with Crippen LogP contribution in [-0.2, 0) is 4.79 Å². The van der Waals surface area contributed by atoms with Gasteiger partial charge in [0.05, 0.1) is 5.56 Å². The van der Waals surface area contributed by atoms with Crippen molar-refractivity contribution in [2.75, 3.05) is 16.0 Å². The van der Waals surface area contributed by atoms with Gasteiger partial charge in [-0.3, -0.25) is 14.5 Å². The fraction of sp³-hybridized carbons (Fsp3) is 0.250. The Balaban J connectivity index is 1.59. The molecular formula is C32H32N2O2S. The topological polar surface area (TPSA) is 49.4 Å². The number of benzene rings is 2. The molecule has 3 aliphatic rings. The van der Waals surface area contributed by atoms with Gasteiger partial charge in [0.25, 0.3) is 11.8 Å². The van der Waals surface area contributed by atoms with Crippen LogP contribution in [-0.4, -0.2) is 23.1 Å². The van der Waals surface area contributed by atoms with E-state index in [1.807, 2.05) is 61.5 Å². The van der Waals surface area contributed by atoms with E-state index in [1.165, 1.54) is 5.56 Å². The van der Waals surface area contributed by atoms with E-state index in [2.05, 4.69) is 57.3 Å². The molecule has 2 aromatic rings. The number of carbonyl (C=O) groups is 2. The van der Waals surface area contributed by atoms with Crippen LogP contribution in [0.4, 0.5) is 11.4 Å². The minimum absolute atomic E-state index is 0.169. The fourth-order valence-electron chi connectivity index (χ4n) is 5.10. The minimum atomic E-state index is -1.12. The molecule has 0 spiro atoms. The Morgan fingerprint density at radius 1 is 0.919 bits per heavy atom. The molecule has 1 atom stereocenters. The van der Waals surface area contributed by atoms with Crippen LogP contribution in [0.5, 0.6) is 0 Å². The molecule has 1 unspecified atom stereocenters. The van der Waals surface area contributed by atoms with Gasteiger partial charge in [-0.15, -0.1) is 11.8 Å². The van der Waals surface area contributed by atoms with Crippen LogP contribution in [0.25, 0.3) is 11.1 Å². The van der Waals surface area contributed by atoms with Crippen molar-refractivity contribution in [1.29, 1.82) is 0 Å². The number of para-hydroxylation sites is 1. The van der Waals surface area contributed by atoms with Crippen molar-refractivity contribution in [3.63, 3.8) is 0 Å². The number of carbonyl (C=O) groups excluding carboxylic acids is 2. The molecule has 0 saturated heterocycles. The molecule has 0 radical (unpaired) electrons. The van der Waals surface area contributed by atoms with E-state index in [1.54, 1.807) is 16.7 Å². The zero-order valence-electron chi connectivity index (χ0n) is 22.0. The average molecular weight is 509 g/mol. The maximum absolute atomic E-state index is 14.2. The number of thioether (sulfide) groups is 1. The van der Waals surface area contributed by atoms with Crippen molar-refractivity contribution < 1.29 is 9.59 Å². The van der Waals surface area contributed by atoms with Gasteiger partial charge in [-0.05, 0) is 79.3 Å². The first-order chi connectivity index (χ1) is 17.7. The highest BCUT2D eigenvalue weighted by atomic mass is 32.2. The van der Waals surface area contributed by atoms with Crippen molar-refractivity contribution in [1.82, 2.24) is 0 Å². The summed E-state index contributed by atoms with van der Waals surface area (Å²) >= 11 is 1.55. The molecule has 4 nitrogen and oxygen atoms in total. The zero-order valence-corrected chi connectivity index (χ0v) is 22.8. The highest BCUT2D eigenvalue weighted by Gasteiger charge is 2.46. The Labute approximate surface area is 223 Å². The quantitative estimate of drug-likeness (QED) is 0.307. The van der Waals surface area contributed by atoms with Gasteiger partial charge >= 0.3 is 0 Å². The maximum Gasteiger partial charge on any atom is 0.260 e. The lowest BCUT2D eigenvalue weighted by Gasteiger charge is -2.38. The molecule has 0 fully saturated rings. The molecule has 2 amide bonds. The SMILES string of the molecule is Cc1cc(NC(=O)C2(C)CSc3ccccc3C(=O)N2c2ccccc2)c2c(C)ccc(C(C)C)cc1-2. The molecule has 5 heteroatoms. The van der Waals surface area contributed by atoms with Crippen LogP contribution in [0.15, 0.2) is 83.8 Å². The van der Waals surface area contributed by atoms with E-state index < -0.39 is 5.54 Å². The summed E-state index contributed by atoms with van der Waals surface area (Å²) < 4.78 is 0. The standard InChI is InChI=1S/C32H32N2O2S/c1-20(2)23-16-15-21(3)29-26(18-23)22(4)17-27(29)33-31(36)32(5)19-37-28-14-10-9-13-25(28)30(35)34(32)24-11-7-6-8-12-24/h6-18,20H,19H2,1-5H3,(H,33,36). The van der Waals surface area contributed by atoms with Gasteiger partial charge in [0.2, 0.25) is 0 Å². The normalized spacial score (nSPS) is 17.6. The highest BCUT2D eigenvalue weighted by Crippen LogP contribution is 2.42. The second-order valence-electron chi connectivity index (χ2n) is 10.3. The number of anilines is 2. The summed E-state index contributed by atoms with van der Waals surface area (Å²) in [6.07, 6.45) is 0. The predicted octanol–water partition coefficient (Wildman–Crippen LogP) is 7.68. The van der Waals surface area contributed by atoms with Crippen molar-refractivity contribution in [3.8, 4) is 11.1 Å². The Bertz CT molecular complexity index is 1460. The molecule has 37 heavy (non-hydrogen) atoms. The fourth-order valence-corrected chi connectivity index (χ4v) is 6.28. The molecule has 2 aromatic carbocycles. The summed E-state index contributed by atoms with van der Waals surface area (Å²) in [7, 11) is 0. The second-order valence-corrected chi connectivity index (χ2v) is 11.4. The molecule has 1 N–H and O–H groups in total. The Hall–Kier alpha value is -3.57. The molecule has 2 aliphatic carbocycles. The zero-order chi connectivity index (χ0) is 26.3. The van der Waals surface area contributed by atoms with Crippen LogP contribution < -0.4 is 10.2 Å². The third-order valence-electron chi connectivity index (χ3n) is 7.30. The molecule has 0 aromatic heterocycles. The smallest absolute Gasteiger partial charge is 0.260 e. The number of nitrogens with zero attached hydrogens (tertiary/aromatic N) is 1. The van der Waals surface area contributed by atoms with Crippen LogP contribution in [0.3, 0.4) is 0 Å². The van der Waals surface area contributed by atoms with E-state index in [0.29, 0.717) is 22.9 Å². The lowest BCUT2D eigenvalue weighted by Crippen LogP contribution is -2.58. The Morgan fingerprint density at radius 2 is 1.62 bits per heavy atom. The first kappa shape index (κ1) is 25.1. The third-order valence-corrected chi connectivity index (χ3v) is 8.67. The van der Waals surface area contributed by atoms with E-state index in [-0.39, 0.29) is 11.8 Å². The first-order valence-electron chi connectivity index (χ1n) is 12.7. The van der Waals surface area contributed by atoms with Gasteiger partial charge in [-0.1, -0.05) is 62.4 Å². The average Bonchev–Trinajstić information content (AvgIpc) is 3.00. The molecule has 1 aliphatic heterocycles. The van der Waals surface area contributed by atoms with Crippen LogP contribution in [0.2, 0.25) is 0 Å². The van der Waals surface area contributed by atoms with Crippen LogP contribution in [0.1, 0.15) is 53.7 Å². The van der Waals surface area contributed by atoms with E-state index in [9.17, 15) is 9.59 Å². The number of amides is 2.